The molecule has 1 heteroatoms. The topological polar surface area (TPSA) is 0 Å². The van der Waals surface area contributed by atoms with Crippen LogP contribution in [0, 0.1) is 23.7 Å². The van der Waals surface area contributed by atoms with E-state index in [0.29, 0.717) is 0 Å². The van der Waals surface area contributed by atoms with Crippen molar-refractivity contribution >= 4 is 22.4 Å². The van der Waals surface area contributed by atoms with E-state index in [0.717, 1.165) is 34.1 Å². The van der Waals surface area contributed by atoms with Crippen LogP contribution in [0.2, 0.25) is 5.02 Å². The van der Waals surface area contributed by atoms with Crippen LogP contribution in [0.15, 0.2) is 78.9 Å². The Bertz CT molecular complexity index is 1420. The van der Waals surface area contributed by atoms with Crippen LogP contribution in [-0.2, 0) is 5.41 Å². The van der Waals surface area contributed by atoms with Gasteiger partial charge in [-0.15, -0.1) is 0 Å². The summed E-state index contributed by atoms with van der Waals surface area (Å²) in [5.74, 6) is 3.60. The molecular formula is C32H27Cl. The number of benzene rings is 4. The lowest BCUT2D eigenvalue weighted by molar-refractivity contribution is -0.0399. The molecule has 0 aliphatic heterocycles. The maximum Gasteiger partial charge on any atom is 0.0484 e. The molecule has 0 atom stereocenters. The molecule has 0 aromatic heterocycles. The van der Waals surface area contributed by atoms with Gasteiger partial charge >= 0.3 is 0 Å². The molecule has 0 unspecified atom stereocenters. The minimum absolute atomic E-state index is 0.250. The minimum Gasteiger partial charge on any atom is -0.0837 e. The largest absolute Gasteiger partial charge is 0.0837 e. The lowest BCUT2D eigenvalue weighted by atomic mass is 9.43. The van der Waals surface area contributed by atoms with Crippen molar-refractivity contribution in [1.82, 2.24) is 0 Å². The lowest BCUT2D eigenvalue weighted by Crippen LogP contribution is -2.55. The molecule has 4 fully saturated rings. The minimum atomic E-state index is 0.250. The quantitative estimate of drug-likeness (QED) is 0.274. The Kier molecular flexibility index (Phi) is 3.71. The zero-order valence-corrected chi connectivity index (χ0v) is 19.5. The second kappa shape index (κ2) is 6.51. The van der Waals surface area contributed by atoms with E-state index in [4.69, 9.17) is 11.6 Å². The van der Waals surface area contributed by atoms with Gasteiger partial charge in [0, 0.05) is 15.8 Å². The molecular weight excluding hydrogens is 420 g/mol. The highest BCUT2D eigenvalue weighted by Crippen LogP contribution is 2.69. The molecule has 33 heavy (non-hydrogen) atoms. The number of halogens is 1. The van der Waals surface area contributed by atoms with Crippen LogP contribution in [0.1, 0.15) is 43.2 Å². The normalized spacial score (nSPS) is 30.7. The summed E-state index contributed by atoms with van der Waals surface area (Å²) in [5.41, 5.74) is 9.06. The molecule has 0 saturated heterocycles. The summed E-state index contributed by atoms with van der Waals surface area (Å²) in [7, 11) is 0. The molecule has 4 bridgehead atoms. The van der Waals surface area contributed by atoms with Crippen LogP contribution in [0.25, 0.3) is 33.0 Å². The van der Waals surface area contributed by atoms with E-state index >= 15 is 0 Å². The average molecular weight is 447 g/mol. The van der Waals surface area contributed by atoms with Crippen LogP contribution in [0.3, 0.4) is 0 Å². The van der Waals surface area contributed by atoms with Gasteiger partial charge in [-0.05, 0) is 107 Å². The Balaban J connectivity index is 1.37. The Hall–Kier alpha value is -2.57. The molecule has 162 valence electrons. The predicted molar refractivity (Wildman–Crippen MR) is 138 cm³/mol. The van der Waals surface area contributed by atoms with Gasteiger partial charge in [0.25, 0.3) is 0 Å². The second-order valence-corrected chi connectivity index (χ2v) is 11.5. The van der Waals surface area contributed by atoms with Gasteiger partial charge in [-0.1, -0.05) is 78.3 Å². The number of fused-ring (bicyclic) bond motifs is 4. The zero-order valence-electron chi connectivity index (χ0n) is 18.7. The highest BCUT2D eigenvalue weighted by atomic mass is 35.5. The second-order valence-electron chi connectivity index (χ2n) is 11.1. The van der Waals surface area contributed by atoms with Gasteiger partial charge in [0.1, 0.15) is 0 Å². The molecule has 0 nitrogen and oxygen atoms in total. The molecule has 4 aromatic carbocycles. The third-order valence-corrected chi connectivity index (χ3v) is 10.1. The van der Waals surface area contributed by atoms with Gasteiger partial charge < -0.3 is 0 Å². The third kappa shape index (κ3) is 2.33. The SMILES string of the molecule is Clc1ccc(-c2ccc3c(c2)-c2ccccc2C32C3CC4CC(C3)CC2C4)c2ccccc12. The molecule has 1 spiro atoms. The summed E-state index contributed by atoms with van der Waals surface area (Å²) >= 11 is 6.54. The molecule has 5 aliphatic carbocycles. The van der Waals surface area contributed by atoms with E-state index in [1.807, 2.05) is 0 Å². The Labute approximate surface area is 200 Å². The van der Waals surface area contributed by atoms with Crippen molar-refractivity contribution in [2.75, 3.05) is 0 Å². The summed E-state index contributed by atoms with van der Waals surface area (Å²) in [4.78, 5) is 0. The molecule has 4 aromatic rings. The van der Waals surface area contributed by atoms with Crippen LogP contribution < -0.4 is 0 Å². The van der Waals surface area contributed by atoms with Gasteiger partial charge in [-0.25, -0.2) is 0 Å². The summed E-state index contributed by atoms with van der Waals surface area (Å²) < 4.78 is 0. The molecule has 0 heterocycles. The van der Waals surface area contributed by atoms with Crippen LogP contribution in [0.4, 0.5) is 0 Å². The number of hydrogen-bond donors (Lipinski definition) is 0. The van der Waals surface area contributed by atoms with E-state index in [9.17, 15) is 0 Å². The van der Waals surface area contributed by atoms with Crippen molar-refractivity contribution in [3.8, 4) is 22.3 Å². The van der Waals surface area contributed by atoms with E-state index in [1.54, 1.807) is 11.1 Å². The monoisotopic (exact) mass is 446 g/mol. The van der Waals surface area contributed by atoms with Crippen molar-refractivity contribution in [3.05, 3.63) is 95.0 Å². The first-order valence-electron chi connectivity index (χ1n) is 12.7. The molecule has 9 rings (SSSR count). The summed E-state index contributed by atoms with van der Waals surface area (Å²) in [5, 5.41) is 3.20. The molecule has 5 aliphatic rings. The Morgan fingerprint density at radius 3 is 2.03 bits per heavy atom. The highest BCUT2D eigenvalue weighted by Gasteiger charge is 2.61. The first-order valence-corrected chi connectivity index (χ1v) is 13.0. The van der Waals surface area contributed by atoms with Crippen molar-refractivity contribution in [2.24, 2.45) is 23.7 Å². The van der Waals surface area contributed by atoms with Gasteiger partial charge in [0.2, 0.25) is 0 Å². The standard InChI is InChI=1S/C32H27Cl/c33-31-12-10-24(25-5-1-2-7-27(25)31)21-9-11-30-28(18-21)26-6-3-4-8-29(26)32(30)22-14-19-13-20(16-22)17-23(32)15-19/h1-12,18-20,22-23H,13-17H2. The average Bonchev–Trinajstić information content (AvgIpc) is 3.13. The molecule has 4 saturated carbocycles. The lowest BCUT2D eigenvalue weighted by Gasteiger charge is -2.61. The van der Waals surface area contributed by atoms with E-state index in [-0.39, 0.29) is 5.41 Å². The zero-order chi connectivity index (χ0) is 21.7. The highest BCUT2D eigenvalue weighted by molar-refractivity contribution is 6.36. The summed E-state index contributed by atoms with van der Waals surface area (Å²) in [6.07, 6.45) is 7.24. The van der Waals surface area contributed by atoms with Crippen molar-refractivity contribution in [3.63, 3.8) is 0 Å². The fourth-order valence-corrected chi connectivity index (χ4v) is 9.07. The fraction of sp³-hybridized carbons (Fsp3) is 0.312. The summed E-state index contributed by atoms with van der Waals surface area (Å²) in [6.45, 7) is 0. The number of hydrogen-bond acceptors (Lipinski definition) is 0. The van der Waals surface area contributed by atoms with Gasteiger partial charge in [0.15, 0.2) is 0 Å². The van der Waals surface area contributed by atoms with Crippen LogP contribution in [-0.4, -0.2) is 0 Å². The molecule has 0 N–H and O–H groups in total. The Morgan fingerprint density at radius 1 is 0.576 bits per heavy atom. The third-order valence-electron chi connectivity index (χ3n) is 9.74. The van der Waals surface area contributed by atoms with Gasteiger partial charge in [-0.3, -0.25) is 0 Å². The summed E-state index contributed by atoms with van der Waals surface area (Å²) in [6, 6.07) is 29.6. The van der Waals surface area contributed by atoms with Gasteiger partial charge in [0.05, 0.1) is 0 Å². The predicted octanol–water partition coefficient (Wildman–Crippen LogP) is 8.88. The number of rotatable bonds is 1. The first-order chi connectivity index (χ1) is 16.2. The van der Waals surface area contributed by atoms with E-state index in [1.165, 1.54) is 59.7 Å². The maximum absolute atomic E-state index is 6.54. The van der Waals surface area contributed by atoms with Crippen LogP contribution >= 0.6 is 11.6 Å². The van der Waals surface area contributed by atoms with Crippen molar-refractivity contribution < 1.29 is 0 Å². The molecule has 0 radical (unpaired) electrons. The maximum atomic E-state index is 6.54. The van der Waals surface area contributed by atoms with Gasteiger partial charge in [-0.2, -0.15) is 0 Å². The van der Waals surface area contributed by atoms with E-state index < -0.39 is 0 Å². The van der Waals surface area contributed by atoms with Crippen molar-refractivity contribution in [1.29, 1.82) is 0 Å². The Morgan fingerprint density at radius 2 is 1.24 bits per heavy atom. The molecule has 0 amide bonds. The smallest absolute Gasteiger partial charge is 0.0484 e. The van der Waals surface area contributed by atoms with Crippen molar-refractivity contribution in [2.45, 2.75) is 37.5 Å². The fourth-order valence-electron chi connectivity index (χ4n) is 8.84. The van der Waals surface area contributed by atoms with E-state index in [2.05, 4.69) is 78.9 Å². The first kappa shape index (κ1) is 18.8. The van der Waals surface area contributed by atoms with Crippen LogP contribution in [0.5, 0.6) is 0 Å².